The molecule has 0 aromatic heterocycles. The second kappa shape index (κ2) is 9.90. The lowest BCUT2D eigenvalue weighted by Gasteiger charge is -2.26. The van der Waals surface area contributed by atoms with Gasteiger partial charge in [0.05, 0.1) is 44.0 Å². The van der Waals surface area contributed by atoms with Gasteiger partial charge in [-0.25, -0.2) is 8.42 Å². The molecule has 0 saturated carbocycles. The standard InChI is InChI=1S/C18H26N2O8S/c1-12(2)28-16(21)11-19-18(22)14-9-13(10-15(25-3)17(14)26-4)29(23,24)20-5-7-27-8-6-20/h9-10,12H,5-8,11H2,1-4H3,(H,19,22). The van der Waals surface area contributed by atoms with E-state index < -0.39 is 21.9 Å². The lowest BCUT2D eigenvalue weighted by molar-refractivity contribution is -0.146. The van der Waals surface area contributed by atoms with Gasteiger partial charge < -0.3 is 24.3 Å². The van der Waals surface area contributed by atoms with Gasteiger partial charge in [-0.1, -0.05) is 0 Å². The average molecular weight is 430 g/mol. The largest absolute Gasteiger partial charge is 0.493 e. The van der Waals surface area contributed by atoms with Crippen molar-refractivity contribution in [1.82, 2.24) is 9.62 Å². The molecular formula is C18H26N2O8S. The Kier molecular flexibility index (Phi) is 7.82. The number of hydrogen-bond donors (Lipinski definition) is 1. The molecule has 1 saturated heterocycles. The number of carbonyl (C=O) groups excluding carboxylic acids is 2. The predicted molar refractivity (Wildman–Crippen MR) is 103 cm³/mol. The van der Waals surface area contributed by atoms with Crippen LogP contribution >= 0.6 is 0 Å². The number of carbonyl (C=O) groups is 2. The molecule has 2 rings (SSSR count). The summed E-state index contributed by atoms with van der Waals surface area (Å²) in [5, 5.41) is 2.41. The quantitative estimate of drug-likeness (QED) is 0.589. The number of methoxy groups -OCH3 is 2. The second-order valence-corrected chi connectivity index (χ2v) is 8.38. The molecule has 1 N–H and O–H groups in total. The molecule has 0 aliphatic carbocycles. The SMILES string of the molecule is COc1cc(S(=O)(=O)N2CCOCC2)cc(C(=O)NCC(=O)OC(C)C)c1OC. The maximum atomic E-state index is 13.0. The third kappa shape index (κ3) is 5.58. The van der Waals surface area contributed by atoms with Crippen molar-refractivity contribution in [1.29, 1.82) is 0 Å². The fraction of sp³-hybridized carbons (Fsp3) is 0.556. The summed E-state index contributed by atoms with van der Waals surface area (Å²) in [6, 6.07) is 2.50. The fourth-order valence-corrected chi connectivity index (χ4v) is 4.20. The number of hydrogen-bond acceptors (Lipinski definition) is 8. The van der Waals surface area contributed by atoms with E-state index in [2.05, 4.69) is 5.32 Å². The zero-order valence-corrected chi connectivity index (χ0v) is 17.7. The zero-order chi connectivity index (χ0) is 21.6. The highest BCUT2D eigenvalue weighted by Crippen LogP contribution is 2.35. The summed E-state index contributed by atoms with van der Waals surface area (Å²) in [7, 11) is -1.21. The van der Waals surface area contributed by atoms with Crippen LogP contribution in [-0.4, -0.2) is 77.8 Å². The van der Waals surface area contributed by atoms with Gasteiger partial charge in [-0.15, -0.1) is 0 Å². The van der Waals surface area contributed by atoms with Crippen LogP contribution in [0.5, 0.6) is 11.5 Å². The van der Waals surface area contributed by atoms with E-state index in [1.807, 2.05) is 0 Å². The monoisotopic (exact) mass is 430 g/mol. The third-order valence-corrected chi connectivity index (χ3v) is 5.94. The van der Waals surface area contributed by atoms with Crippen LogP contribution in [0.3, 0.4) is 0 Å². The first-order valence-electron chi connectivity index (χ1n) is 9.02. The summed E-state index contributed by atoms with van der Waals surface area (Å²) in [5.74, 6) is -1.17. The maximum Gasteiger partial charge on any atom is 0.325 e. The first-order valence-corrected chi connectivity index (χ1v) is 10.5. The van der Waals surface area contributed by atoms with E-state index in [9.17, 15) is 18.0 Å². The number of ether oxygens (including phenoxy) is 4. The molecule has 162 valence electrons. The van der Waals surface area contributed by atoms with Gasteiger partial charge in [-0.05, 0) is 19.9 Å². The van der Waals surface area contributed by atoms with E-state index in [0.29, 0.717) is 0 Å². The molecule has 0 unspecified atom stereocenters. The molecule has 1 aromatic carbocycles. The summed E-state index contributed by atoms with van der Waals surface area (Å²) in [6.45, 7) is 4.00. The van der Waals surface area contributed by atoms with Crippen molar-refractivity contribution < 1.29 is 37.0 Å². The van der Waals surface area contributed by atoms with Crippen molar-refractivity contribution in [2.24, 2.45) is 0 Å². The molecule has 10 nitrogen and oxygen atoms in total. The topological polar surface area (TPSA) is 120 Å². The Hall–Kier alpha value is -2.37. The van der Waals surface area contributed by atoms with Crippen molar-refractivity contribution in [2.45, 2.75) is 24.8 Å². The molecule has 0 bridgehead atoms. The number of nitrogens with zero attached hydrogens (tertiary/aromatic N) is 1. The predicted octanol–water partition coefficient (Wildman–Crippen LogP) is 0.406. The molecule has 0 atom stereocenters. The number of esters is 1. The molecule has 0 radical (unpaired) electrons. The van der Waals surface area contributed by atoms with Gasteiger partial charge in [-0.2, -0.15) is 4.31 Å². The fourth-order valence-electron chi connectivity index (χ4n) is 2.74. The Bertz CT molecular complexity index is 848. The van der Waals surface area contributed by atoms with E-state index in [4.69, 9.17) is 18.9 Å². The summed E-state index contributed by atoms with van der Waals surface area (Å²) < 4.78 is 47.9. The van der Waals surface area contributed by atoms with Crippen LogP contribution in [-0.2, 0) is 24.3 Å². The van der Waals surface area contributed by atoms with Gasteiger partial charge in [0.1, 0.15) is 6.54 Å². The number of nitrogens with one attached hydrogen (secondary N) is 1. The van der Waals surface area contributed by atoms with Crippen molar-refractivity contribution in [3.05, 3.63) is 17.7 Å². The lowest BCUT2D eigenvalue weighted by atomic mass is 10.1. The first-order chi connectivity index (χ1) is 13.7. The van der Waals surface area contributed by atoms with Crippen LogP contribution in [0.2, 0.25) is 0 Å². The number of morpholine rings is 1. The van der Waals surface area contributed by atoms with Gasteiger partial charge in [0.2, 0.25) is 10.0 Å². The first kappa shape index (κ1) is 22.9. The Morgan fingerprint density at radius 2 is 1.83 bits per heavy atom. The number of rotatable bonds is 8. The van der Waals surface area contributed by atoms with Crippen molar-refractivity contribution >= 4 is 21.9 Å². The Morgan fingerprint density at radius 1 is 1.17 bits per heavy atom. The number of amides is 1. The van der Waals surface area contributed by atoms with Crippen LogP contribution in [0.15, 0.2) is 17.0 Å². The highest BCUT2D eigenvalue weighted by atomic mass is 32.2. The highest BCUT2D eigenvalue weighted by molar-refractivity contribution is 7.89. The molecule has 0 spiro atoms. The maximum absolute atomic E-state index is 13.0. The minimum absolute atomic E-state index is 0.0585. The Labute approximate surface area is 170 Å². The molecular weight excluding hydrogens is 404 g/mol. The van der Waals surface area contributed by atoms with Gasteiger partial charge in [0, 0.05) is 19.2 Å². The molecule has 1 aromatic rings. The Morgan fingerprint density at radius 3 is 2.38 bits per heavy atom. The van der Waals surface area contributed by atoms with Crippen LogP contribution < -0.4 is 14.8 Å². The minimum atomic E-state index is -3.88. The lowest BCUT2D eigenvalue weighted by Crippen LogP contribution is -2.40. The van der Waals surface area contributed by atoms with Gasteiger partial charge >= 0.3 is 5.97 Å². The summed E-state index contributed by atoms with van der Waals surface area (Å²) >= 11 is 0. The van der Waals surface area contributed by atoms with Crippen molar-refractivity contribution in [3.8, 4) is 11.5 Å². The van der Waals surface area contributed by atoms with Crippen LogP contribution in [0, 0.1) is 0 Å². The molecule has 1 aliphatic heterocycles. The molecule has 11 heteroatoms. The second-order valence-electron chi connectivity index (χ2n) is 6.44. The van der Waals surface area contributed by atoms with Crippen LogP contribution in [0.25, 0.3) is 0 Å². The third-order valence-electron chi connectivity index (χ3n) is 4.07. The van der Waals surface area contributed by atoms with Crippen LogP contribution in [0.4, 0.5) is 0 Å². The average Bonchev–Trinajstić information content (AvgIpc) is 2.70. The molecule has 1 aliphatic rings. The van der Waals surface area contributed by atoms with Gasteiger partial charge in [0.25, 0.3) is 5.91 Å². The molecule has 1 fully saturated rings. The Balaban J connectivity index is 2.36. The highest BCUT2D eigenvalue weighted by Gasteiger charge is 2.30. The molecule has 29 heavy (non-hydrogen) atoms. The number of sulfonamides is 1. The number of benzene rings is 1. The van der Waals surface area contributed by atoms with E-state index >= 15 is 0 Å². The van der Waals surface area contributed by atoms with E-state index in [0.717, 1.165) is 0 Å². The minimum Gasteiger partial charge on any atom is -0.493 e. The summed E-state index contributed by atoms with van der Waals surface area (Å²) in [4.78, 5) is 24.2. The summed E-state index contributed by atoms with van der Waals surface area (Å²) in [5.41, 5.74) is -0.0731. The van der Waals surface area contributed by atoms with Gasteiger partial charge in [0.15, 0.2) is 11.5 Å². The smallest absolute Gasteiger partial charge is 0.325 e. The molecule has 1 amide bonds. The molecule has 1 heterocycles. The van der Waals surface area contributed by atoms with Crippen molar-refractivity contribution in [2.75, 3.05) is 47.1 Å². The van der Waals surface area contributed by atoms with Crippen molar-refractivity contribution in [3.63, 3.8) is 0 Å². The van der Waals surface area contributed by atoms with E-state index in [1.54, 1.807) is 13.8 Å². The zero-order valence-electron chi connectivity index (χ0n) is 16.9. The van der Waals surface area contributed by atoms with E-state index in [1.165, 1.54) is 30.7 Å². The summed E-state index contributed by atoms with van der Waals surface area (Å²) in [6.07, 6.45) is -0.323. The van der Waals surface area contributed by atoms with Crippen LogP contribution in [0.1, 0.15) is 24.2 Å². The van der Waals surface area contributed by atoms with Gasteiger partial charge in [-0.3, -0.25) is 9.59 Å². The normalized spacial score (nSPS) is 15.1. The van der Waals surface area contributed by atoms with E-state index in [-0.39, 0.29) is 60.9 Å².